The number of aromatic nitrogens is 2. The molecule has 1 aliphatic carbocycles. The molecule has 122 valence electrons. The number of carboxylic acid groups (broad SMARTS) is 1. The van der Waals surface area contributed by atoms with E-state index in [2.05, 4.69) is 26.2 Å². The van der Waals surface area contributed by atoms with Crippen molar-refractivity contribution in [3.8, 4) is 0 Å². The predicted molar refractivity (Wildman–Crippen MR) is 84.6 cm³/mol. The van der Waals surface area contributed by atoms with Crippen molar-refractivity contribution in [1.29, 1.82) is 0 Å². The smallest absolute Gasteiger partial charge is 0.329 e. The molecule has 0 aromatic carbocycles. The topological polar surface area (TPSA) is 76.4 Å². The monoisotopic (exact) mass is 371 g/mol. The fraction of sp³-hybridized carbons (Fsp3) is 0.733. The molecule has 1 aromatic heterocycles. The molecule has 2 fully saturated rings. The van der Waals surface area contributed by atoms with Crippen LogP contribution in [0.3, 0.4) is 0 Å². The Hall–Kier alpha value is -0.920. The third-order valence-corrected chi connectivity index (χ3v) is 5.39. The number of nitrogens with zero attached hydrogens (tertiary/aromatic N) is 2. The predicted octanol–water partition coefficient (Wildman–Crippen LogP) is 2.03. The quantitative estimate of drug-likeness (QED) is 0.846. The number of halogens is 1. The summed E-state index contributed by atoms with van der Waals surface area (Å²) >= 11 is 3.41. The number of carboxylic acids is 1. The number of ether oxygens (including phenoxy) is 1. The van der Waals surface area contributed by atoms with Gasteiger partial charge < -0.3 is 19.7 Å². The summed E-state index contributed by atoms with van der Waals surface area (Å²) in [6.45, 7) is 1.77. The number of piperidine rings is 1. The Morgan fingerprint density at radius 3 is 2.95 bits per heavy atom. The van der Waals surface area contributed by atoms with Crippen LogP contribution in [0.15, 0.2) is 10.8 Å². The molecule has 7 heteroatoms. The summed E-state index contributed by atoms with van der Waals surface area (Å²) in [7, 11) is 1.93. The zero-order valence-electron chi connectivity index (χ0n) is 12.8. The Kier molecular flexibility index (Phi) is 4.31. The fourth-order valence-corrected chi connectivity index (χ4v) is 4.55. The van der Waals surface area contributed by atoms with Crippen molar-refractivity contribution < 1.29 is 14.6 Å². The minimum atomic E-state index is -0.935. The molecular formula is C15H22BrN3O3. The Labute approximate surface area is 138 Å². The first-order valence-electron chi connectivity index (χ1n) is 7.71. The van der Waals surface area contributed by atoms with E-state index < -0.39 is 11.6 Å². The van der Waals surface area contributed by atoms with Crippen molar-refractivity contribution in [2.24, 2.45) is 12.5 Å². The minimum Gasteiger partial charge on any atom is -0.480 e. The molecule has 1 spiro atoms. The lowest BCUT2D eigenvalue weighted by molar-refractivity contribution is -0.152. The van der Waals surface area contributed by atoms with Crippen LogP contribution in [0.1, 0.15) is 37.9 Å². The number of aryl methyl sites for hydroxylation is 1. The Morgan fingerprint density at radius 1 is 1.55 bits per heavy atom. The largest absolute Gasteiger partial charge is 0.480 e. The lowest BCUT2D eigenvalue weighted by Crippen LogP contribution is -2.41. The van der Waals surface area contributed by atoms with Crippen molar-refractivity contribution in [2.75, 3.05) is 19.7 Å². The summed E-state index contributed by atoms with van der Waals surface area (Å²) in [5, 5.41) is 12.5. The van der Waals surface area contributed by atoms with Gasteiger partial charge in [0.1, 0.15) is 22.6 Å². The first-order valence-corrected chi connectivity index (χ1v) is 8.50. The first kappa shape index (κ1) is 16.0. The highest BCUT2D eigenvalue weighted by Crippen LogP contribution is 2.54. The molecule has 2 unspecified atom stereocenters. The number of carbonyl (C=O) groups is 1. The molecule has 2 N–H and O–H groups in total. The van der Waals surface area contributed by atoms with Gasteiger partial charge in [0.15, 0.2) is 0 Å². The van der Waals surface area contributed by atoms with Crippen LogP contribution >= 0.6 is 15.9 Å². The van der Waals surface area contributed by atoms with E-state index in [0.29, 0.717) is 0 Å². The van der Waals surface area contributed by atoms with Crippen molar-refractivity contribution in [2.45, 2.75) is 37.7 Å². The minimum absolute atomic E-state index is 0.204. The molecule has 2 aliphatic rings. The van der Waals surface area contributed by atoms with E-state index in [9.17, 15) is 4.79 Å². The van der Waals surface area contributed by atoms with Crippen LogP contribution in [-0.2, 0) is 22.2 Å². The van der Waals surface area contributed by atoms with Gasteiger partial charge in [0.2, 0.25) is 0 Å². The van der Waals surface area contributed by atoms with E-state index in [4.69, 9.17) is 9.84 Å². The van der Waals surface area contributed by atoms with Crippen LogP contribution in [0.25, 0.3) is 0 Å². The second-order valence-electron chi connectivity index (χ2n) is 6.63. The first-order chi connectivity index (χ1) is 10.4. The lowest BCUT2D eigenvalue weighted by Gasteiger charge is -2.36. The second kappa shape index (κ2) is 5.94. The molecule has 2 heterocycles. The van der Waals surface area contributed by atoms with Crippen molar-refractivity contribution in [1.82, 2.24) is 14.9 Å². The molecular weight excluding hydrogens is 350 g/mol. The van der Waals surface area contributed by atoms with Gasteiger partial charge in [-0.3, -0.25) is 0 Å². The second-order valence-corrected chi connectivity index (χ2v) is 7.44. The van der Waals surface area contributed by atoms with Crippen LogP contribution in [0.5, 0.6) is 0 Å². The summed E-state index contributed by atoms with van der Waals surface area (Å²) in [4.78, 5) is 15.6. The van der Waals surface area contributed by atoms with E-state index in [0.717, 1.165) is 42.8 Å². The maximum atomic E-state index is 11.0. The fourth-order valence-electron chi connectivity index (χ4n) is 4.08. The molecule has 0 bridgehead atoms. The van der Waals surface area contributed by atoms with Gasteiger partial charge in [0.05, 0.1) is 0 Å². The molecule has 0 amide bonds. The highest BCUT2D eigenvalue weighted by Gasteiger charge is 2.52. The SMILES string of the molecule is Cn1cc(Br)nc1C1(OCC(=O)O)CCC2(CCCNC2)C1. The Morgan fingerprint density at radius 2 is 2.36 bits per heavy atom. The number of imidazole rings is 1. The van der Waals surface area contributed by atoms with Gasteiger partial charge in [-0.1, -0.05) is 0 Å². The van der Waals surface area contributed by atoms with Crippen LogP contribution in [-0.4, -0.2) is 40.3 Å². The van der Waals surface area contributed by atoms with Gasteiger partial charge in [-0.2, -0.15) is 0 Å². The highest BCUT2D eigenvalue weighted by atomic mass is 79.9. The van der Waals surface area contributed by atoms with Gasteiger partial charge in [-0.25, -0.2) is 9.78 Å². The summed E-state index contributed by atoms with van der Waals surface area (Å²) in [5.74, 6) is -0.113. The van der Waals surface area contributed by atoms with E-state index in [1.54, 1.807) is 0 Å². The zero-order chi connectivity index (χ0) is 15.8. The van der Waals surface area contributed by atoms with Gasteiger partial charge in [-0.15, -0.1) is 0 Å². The van der Waals surface area contributed by atoms with Crippen LogP contribution < -0.4 is 5.32 Å². The molecule has 0 radical (unpaired) electrons. The van der Waals surface area contributed by atoms with Gasteiger partial charge in [0.25, 0.3) is 0 Å². The number of hydrogen-bond acceptors (Lipinski definition) is 4. The van der Waals surface area contributed by atoms with Crippen LogP contribution in [0, 0.1) is 5.41 Å². The van der Waals surface area contributed by atoms with Crippen molar-refractivity contribution >= 4 is 21.9 Å². The third kappa shape index (κ3) is 2.94. The lowest BCUT2D eigenvalue weighted by atomic mass is 9.78. The number of hydrogen-bond donors (Lipinski definition) is 2. The molecule has 1 saturated carbocycles. The van der Waals surface area contributed by atoms with Gasteiger partial charge in [-0.05, 0) is 60.0 Å². The maximum Gasteiger partial charge on any atom is 0.329 e. The normalized spacial score (nSPS) is 31.7. The zero-order valence-corrected chi connectivity index (χ0v) is 14.4. The molecule has 22 heavy (non-hydrogen) atoms. The van der Waals surface area contributed by atoms with Crippen molar-refractivity contribution in [3.05, 3.63) is 16.6 Å². The molecule has 6 nitrogen and oxygen atoms in total. The highest BCUT2D eigenvalue weighted by molar-refractivity contribution is 9.10. The molecule has 3 rings (SSSR count). The Bertz CT molecular complexity index is 568. The number of rotatable bonds is 4. The van der Waals surface area contributed by atoms with Gasteiger partial charge in [0, 0.05) is 19.8 Å². The van der Waals surface area contributed by atoms with E-state index in [-0.39, 0.29) is 12.0 Å². The van der Waals surface area contributed by atoms with Crippen LogP contribution in [0.2, 0.25) is 0 Å². The van der Waals surface area contributed by atoms with Crippen LogP contribution in [0.4, 0.5) is 0 Å². The molecule has 1 aliphatic heterocycles. The number of aliphatic carboxylic acids is 1. The standard InChI is InChI=1S/C15H22BrN3O3/c1-19-7-11(16)18-13(19)15(22-8-12(20)21)5-4-14(9-15)3-2-6-17-10-14/h7,17H,2-6,8-10H2,1H3,(H,20,21). The molecule has 2 atom stereocenters. The van der Waals surface area contributed by atoms with E-state index in [1.807, 2.05) is 17.8 Å². The third-order valence-electron chi connectivity index (χ3n) is 5.01. The van der Waals surface area contributed by atoms with Crippen molar-refractivity contribution in [3.63, 3.8) is 0 Å². The Balaban J connectivity index is 1.91. The molecule has 1 saturated heterocycles. The van der Waals surface area contributed by atoms with E-state index in [1.165, 1.54) is 12.8 Å². The average Bonchev–Trinajstić information content (AvgIpc) is 3.00. The average molecular weight is 372 g/mol. The summed E-state index contributed by atoms with van der Waals surface area (Å²) in [6, 6.07) is 0. The van der Waals surface area contributed by atoms with Gasteiger partial charge >= 0.3 is 5.97 Å². The maximum absolute atomic E-state index is 11.0. The summed E-state index contributed by atoms with van der Waals surface area (Å²) < 4.78 is 8.63. The number of nitrogens with one attached hydrogen (secondary N) is 1. The summed E-state index contributed by atoms with van der Waals surface area (Å²) in [5.41, 5.74) is -0.395. The molecule has 1 aromatic rings. The van der Waals surface area contributed by atoms with E-state index >= 15 is 0 Å². The summed E-state index contributed by atoms with van der Waals surface area (Å²) in [6.07, 6.45) is 6.93.